The molecule has 0 amide bonds. The lowest BCUT2D eigenvalue weighted by Crippen LogP contribution is -2.14. The zero-order valence-electron chi connectivity index (χ0n) is 8.33. The monoisotopic (exact) mass is 186 g/mol. The molecule has 0 aromatic heterocycles. The number of hydrogen-bond acceptors (Lipinski definition) is 2. The number of rotatable bonds is 3. The predicted octanol–water partition coefficient (Wildman–Crippen LogP) is 2.35. The number of nitriles is 1. The van der Waals surface area contributed by atoms with Gasteiger partial charge < -0.3 is 5.32 Å². The highest BCUT2D eigenvalue weighted by Crippen LogP contribution is 2.40. The molecule has 1 aromatic rings. The van der Waals surface area contributed by atoms with Gasteiger partial charge in [0.15, 0.2) is 0 Å². The molecule has 2 heteroatoms. The van der Waals surface area contributed by atoms with Crippen molar-refractivity contribution in [2.24, 2.45) is 0 Å². The molecule has 0 heterocycles. The van der Waals surface area contributed by atoms with Crippen molar-refractivity contribution in [1.29, 1.82) is 5.26 Å². The molecule has 0 aliphatic heterocycles. The molecular weight excluding hydrogens is 172 g/mol. The van der Waals surface area contributed by atoms with Crippen molar-refractivity contribution in [3.63, 3.8) is 0 Å². The Morgan fingerprint density at radius 1 is 1.50 bits per heavy atom. The van der Waals surface area contributed by atoms with Gasteiger partial charge in [0.1, 0.15) is 6.04 Å². The van der Waals surface area contributed by atoms with Gasteiger partial charge in [0.25, 0.3) is 0 Å². The molecule has 1 unspecified atom stereocenters. The summed E-state index contributed by atoms with van der Waals surface area (Å²) in [7, 11) is 1.82. The van der Waals surface area contributed by atoms with Crippen molar-refractivity contribution in [2.45, 2.75) is 24.8 Å². The summed E-state index contributed by atoms with van der Waals surface area (Å²) in [5.74, 6) is 0.756. The smallest absolute Gasteiger partial charge is 0.121 e. The zero-order chi connectivity index (χ0) is 9.97. The standard InChI is InChI=1S/C12H14N2/c1-14-12(8-13)11-4-2-3-10(7-11)9-5-6-9/h2-4,7,9,12,14H,5-6H2,1H3. The lowest BCUT2D eigenvalue weighted by atomic mass is 10.0. The SMILES string of the molecule is CNC(C#N)c1cccc(C2CC2)c1. The van der Waals surface area contributed by atoms with Crippen molar-refractivity contribution in [1.82, 2.24) is 5.32 Å². The van der Waals surface area contributed by atoms with Crippen LogP contribution in [0.15, 0.2) is 24.3 Å². The Balaban J connectivity index is 2.25. The van der Waals surface area contributed by atoms with Crippen LogP contribution < -0.4 is 5.32 Å². The first-order valence-electron chi connectivity index (χ1n) is 5.02. The summed E-state index contributed by atoms with van der Waals surface area (Å²) in [4.78, 5) is 0. The number of nitrogens with one attached hydrogen (secondary N) is 1. The molecule has 2 nitrogen and oxygen atoms in total. The molecule has 0 spiro atoms. The molecule has 1 atom stereocenters. The number of benzene rings is 1. The molecule has 0 saturated heterocycles. The first kappa shape index (κ1) is 9.23. The fraction of sp³-hybridized carbons (Fsp3) is 0.417. The van der Waals surface area contributed by atoms with Gasteiger partial charge in [-0.25, -0.2) is 0 Å². The van der Waals surface area contributed by atoms with Gasteiger partial charge in [-0.15, -0.1) is 0 Å². The van der Waals surface area contributed by atoms with Gasteiger partial charge in [-0.05, 0) is 36.9 Å². The minimum atomic E-state index is -0.173. The van der Waals surface area contributed by atoms with Crippen molar-refractivity contribution < 1.29 is 0 Å². The molecule has 1 fully saturated rings. The van der Waals surface area contributed by atoms with Crippen molar-refractivity contribution in [3.05, 3.63) is 35.4 Å². The topological polar surface area (TPSA) is 35.8 Å². The average molecular weight is 186 g/mol. The summed E-state index contributed by atoms with van der Waals surface area (Å²) >= 11 is 0. The third kappa shape index (κ3) is 1.78. The maximum absolute atomic E-state index is 8.91. The van der Waals surface area contributed by atoms with Crippen LogP contribution in [0, 0.1) is 11.3 Å². The van der Waals surface area contributed by atoms with Crippen LogP contribution in [0.4, 0.5) is 0 Å². The number of hydrogen-bond donors (Lipinski definition) is 1. The second-order valence-electron chi connectivity index (χ2n) is 3.80. The van der Waals surface area contributed by atoms with E-state index in [1.165, 1.54) is 18.4 Å². The van der Waals surface area contributed by atoms with E-state index >= 15 is 0 Å². The van der Waals surface area contributed by atoms with E-state index in [0.29, 0.717) is 0 Å². The molecule has 1 saturated carbocycles. The third-order valence-electron chi connectivity index (χ3n) is 2.71. The van der Waals surface area contributed by atoms with Crippen LogP contribution >= 0.6 is 0 Å². The highest BCUT2D eigenvalue weighted by molar-refractivity contribution is 5.33. The summed E-state index contributed by atoms with van der Waals surface area (Å²) in [5, 5.41) is 11.9. The summed E-state index contributed by atoms with van der Waals surface area (Å²) in [5.41, 5.74) is 2.47. The molecule has 72 valence electrons. The normalized spacial score (nSPS) is 17.4. The molecule has 0 radical (unpaired) electrons. The van der Waals surface area contributed by atoms with E-state index in [-0.39, 0.29) is 6.04 Å². The molecule has 14 heavy (non-hydrogen) atoms. The van der Waals surface area contributed by atoms with Gasteiger partial charge >= 0.3 is 0 Å². The molecule has 1 aromatic carbocycles. The summed E-state index contributed by atoms with van der Waals surface area (Å²) < 4.78 is 0. The summed E-state index contributed by atoms with van der Waals surface area (Å²) in [6.45, 7) is 0. The van der Waals surface area contributed by atoms with Crippen LogP contribution in [-0.2, 0) is 0 Å². The Morgan fingerprint density at radius 3 is 2.86 bits per heavy atom. The van der Waals surface area contributed by atoms with Gasteiger partial charge in [-0.3, -0.25) is 0 Å². The first-order chi connectivity index (χ1) is 6.85. The maximum atomic E-state index is 8.91. The van der Waals surface area contributed by atoms with Crippen molar-refractivity contribution in [2.75, 3.05) is 7.05 Å². The summed E-state index contributed by atoms with van der Waals surface area (Å²) in [6, 6.07) is 10.4. The fourth-order valence-corrected chi connectivity index (χ4v) is 1.71. The lowest BCUT2D eigenvalue weighted by Gasteiger charge is -2.09. The zero-order valence-corrected chi connectivity index (χ0v) is 8.33. The van der Waals surface area contributed by atoms with Gasteiger partial charge in [0.2, 0.25) is 0 Å². The lowest BCUT2D eigenvalue weighted by molar-refractivity contribution is 0.726. The van der Waals surface area contributed by atoms with E-state index in [1.807, 2.05) is 19.2 Å². The van der Waals surface area contributed by atoms with Crippen molar-refractivity contribution in [3.8, 4) is 6.07 Å². The van der Waals surface area contributed by atoms with Crippen molar-refractivity contribution >= 4 is 0 Å². The van der Waals surface area contributed by atoms with Crippen LogP contribution in [0.5, 0.6) is 0 Å². The highest BCUT2D eigenvalue weighted by atomic mass is 14.9. The van der Waals surface area contributed by atoms with Gasteiger partial charge in [-0.1, -0.05) is 24.3 Å². The van der Waals surface area contributed by atoms with Gasteiger partial charge in [0, 0.05) is 0 Å². The molecule has 1 aliphatic rings. The van der Waals surface area contributed by atoms with E-state index in [2.05, 4.69) is 23.5 Å². The van der Waals surface area contributed by atoms with Crippen LogP contribution in [0.2, 0.25) is 0 Å². The first-order valence-corrected chi connectivity index (χ1v) is 5.02. The fourth-order valence-electron chi connectivity index (χ4n) is 1.71. The molecule has 0 bridgehead atoms. The Hall–Kier alpha value is -1.33. The third-order valence-corrected chi connectivity index (χ3v) is 2.71. The molecule has 1 aliphatic carbocycles. The van der Waals surface area contributed by atoms with E-state index in [9.17, 15) is 0 Å². The Kier molecular flexibility index (Phi) is 2.51. The van der Waals surface area contributed by atoms with Gasteiger partial charge in [-0.2, -0.15) is 5.26 Å². The van der Waals surface area contributed by atoms with E-state index in [0.717, 1.165) is 11.5 Å². The van der Waals surface area contributed by atoms with E-state index in [1.54, 1.807) is 0 Å². The Labute approximate surface area is 84.6 Å². The maximum Gasteiger partial charge on any atom is 0.121 e. The largest absolute Gasteiger partial charge is 0.301 e. The molecule has 1 N–H and O–H groups in total. The quantitative estimate of drug-likeness (QED) is 0.786. The van der Waals surface area contributed by atoms with Crippen LogP contribution in [0.3, 0.4) is 0 Å². The van der Waals surface area contributed by atoms with E-state index < -0.39 is 0 Å². The minimum absolute atomic E-state index is 0.173. The van der Waals surface area contributed by atoms with Gasteiger partial charge in [0.05, 0.1) is 6.07 Å². The summed E-state index contributed by atoms with van der Waals surface area (Å²) in [6.07, 6.45) is 2.61. The number of nitrogens with zero attached hydrogens (tertiary/aromatic N) is 1. The van der Waals surface area contributed by atoms with Crippen LogP contribution in [0.25, 0.3) is 0 Å². The second-order valence-corrected chi connectivity index (χ2v) is 3.80. The Morgan fingerprint density at radius 2 is 2.29 bits per heavy atom. The van der Waals surface area contributed by atoms with Crippen LogP contribution in [0.1, 0.15) is 35.9 Å². The highest BCUT2D eigenvalue weighted by Gasteiger charge is 2.23. The second kappa shape index (κ2) is 3.81. The average Bonchev–Trinajstić information content (AvgIpc) is 3.03. The predicted molar refractivity (Wildman–Crippen MR) is 55.8 cm³/mol. The minimum Gasteiger partial charge on any atom is -0.301 e. The molecular formula is C12H14N2. The van der Waals surface area contributed by atoms with Crippen LogP contribution in [-0.4, -0.2) is 7.05 Å². The molecule has 2 rings (SSSR count). The van der Waals surface area contributed by atoms with E-state index in [4.69, 9.17) is 5.26 Å². The Bertz CT molecular complexity index is 361.